The molecule has 10 heteroatoms. The summed E-state index contributed by atoms with van der Waals surface area (Å²) in [5, 5.41) is 2.70. The van der Waals surface area contributed by atoms with Crippen molar-refractivity contribution in [3.63, 3.8) is 0 Å². The Balaban J connectivity index is 1.64. The van der Waals surface area contributed by atoms with Crippen LogP contribution in [0.25, 0.3) is 0 Å². The monoisotopic (exact) mass is 386 g/mol. The summed E-state index contributed by atoms with van der Waals surface area (Å²) in [4.78, 5) is 54.8. The van der Waals surface area contributed by atoms with Crippen molar-refractivity contribution in [2.75, 3.05) is 32.6 Å². The number of likely N-dealkylation sites (N-methyl/N-ethyl adjacent to an activating group) is 2. The number of amides is 4. The van der Waals surface area contributed by atoms with Crippen LogP contribution in [-0.4, -0.2) is 83.7 Å². The van der Waals surface area contributed by atoms with Crippen LogP contribution in [0.3, 0.4) is 0 Å². The zero-order valence-corrected chi connectivity index (χ0v) is 15.7. The summed E-state index contributed by atoms with van der Waals surface area (Å²) in [6.07, 6.45) is 1.38. The fraction of sp³-hybridized carbons (Fsp3) is 0.333. The summed E-state index contributed by atoms with van der Waals surface area (Å²) in [5.74, 6) is -0.955. The number of nitrogens with one attached hydrogen (secondary N) is 1. The summed E-state index contributed by atoms with van der Waals surface area (Å²) in [6, 6.07) is 5.00. The highest BCUT2D eigenvalue weighted by atomic mass is 16.5. The molecule has 10 nitrogen and oxygen atoms in total. The summed E-state index contributed by atoms with van der Waals surface area (Å²) in [5.41, 5.74) is 0.882. The number of nitrogens with zero attached hydrogens (tertiary/aromatic N) is 4. The van der Waals surface area contributed by atoms with Gasteiger partial charge in [0.15, 0.2) is 6.54 Å². The number of benzene rings is 1. The molecule has 2 aliphatic rings. The molecule has 0 bridgehead atoms. The average molecular weight is 386 g/mol. The molecule has 0 saturated carbocycles. The molecule has 0 aliphatic carbocycles. The summed E-state index contributed by atoms with van der Waals surface area (Å²) in [6.45, 7) is 1.88. The number of imide groups is 1. The maximum absolute atomic E-state index is 12.4. The first-order chi connectivity index (χ1) is 13.3. The average Bonchev–Trinajstić information content (AvgIpc) is 3.09. The zero-order chi connectivity index (χ0) is 20.4. The van der Waals surface area contributed by atoms with E-state index in [1.165, 1.54) is 29.9 Å². The van der Waals surface area contributed by atoms with Gasteiger partial charge in [-0.25, -0.2) is 14.2 Å². The number of fused-ring (bicyclic) bond motifs is 1. The lowest BCUT2D eigenvalue weighted by Crippen LogP contribution is -2.61. The predicted molar refractivity (Wildman–Crippen MR) is 99.4 cm³/mol. The van der Waals surface area contributed by atoms with E-state index in [-0.39, 0.29) is 19.1 Å². The van der Waals surface area contributed by atoms with Gasteiger partial charge in [-0.1, -0.05) is 0 Å². The molecule has 1 aromatic carbocycles. The first kappa shape index (κ1) is 19.2. The number of ether oxygens (including phenoxy) is 1. The highest BCUT2D eigenvalue weighted by Gasteiger charge is 2.50. The summed E-state index contributed by atoms with van der Waals surface area (Å²) < 4.78 is 6.38. The molecule has 0 spiro atoms. The smallest absolute Gasteiger partial charge is 0.338 e. The third-order valence-corrected chi connectivity index (χ3v) is 4.40. The SMILES string of the molecule is CCOC(=O)c1ccc(NC(=O)C[N+]2=CN=C3C2C(=O)N(C)C(=O)N3C)cc1. The van der Waals surface area contributed by atoms with E-state index in [0.717, 1.165) is 4.90 Å². The lowest BCUT2D eigenvalue weighted by Gasteiger charge is -2.30. The molecule has 1 unspecified atom stereocenters. The Hall–Kier alpha value is -3.56. The molecule has 4 amide bonds. The molecule has 1 N–H and O–H groups in total. The summed E-state index contributed by atoms with van der Waals surface area (Å²) >= 11 is 0. The number of urea groups is 1. The minimum atomic E-state index is -0.815. The van der Waals surface area contributed by atoms with Gasteiger partial charge in [0.05, 0.1) is 12.2 Å². The minimum absolute atomic E-state index is 0.126. The van der Waals surface area contributed by atoms with Crippen LogP contribution in [0, 0.1) is 0 Å². The van der Waals surface area contributed by atoms with Crippen LogP contribution < -0.4 is 5.32 Å². The maximum atomic E-state index is 12.4. The number of carbonyl (C=O) groups is 4. The predicted octanol–water partition coefficient (Wildman–Crippen LogP) is 0.147. The van der Waals surface area contributed by atoms with Crippen LogP contribution in [0.2, 0.25) is 0 Å². The van der Waals surface area contributed by atoms with E-state index in [1.807, 2.05) is 0 Å². The normalized spacial score (nSPS) is 18.5. The van der Waals surface area contributed by atoms with Gasteiger partial charge < -0.3 is 10.1 Å². The van der Waals surface area contributed by atoms with Crippen LogP contribution in [-0.2, 0) is 14.3 Å². The van der Waals surface area contributed by atoms with Gasteiger partial charge in [-0.2, -0.15) is 0 Å². The molecule has 2 aliphatic heterocycles. The minimum Gasteiger partial charge on any atom is -0.462 e. The van der Waals surface area contributed by atoms with Gasteiger partial charge in [-0.05, 0) is 36.2 Å². The van der Waals surface area contributed by atoms with E-state index in [4.69, 9.17) is 4.74 Å². The van der Waals surface area contributed by atoms with Crippen molar-refractivity contribution in [2.24, 2.45) is 4.99 Å². The Morgan fingerprint density at radius 3 is 2.50 bits per heavy atom. The highest BCUT2D eigenvalue weighted by Crippen LogP contribution is 2.17. The van der Waals surface area contributed by atoms with Gasteiger partial charge in [-0.3, -0.25) is 19.4 Å². The van der Waals surface area contributed by atoms with Crippen molar-refractivity contribution in [1.29, 1.82) is 0 Å². The van der Waals surface area contributed by atoms with Crippen LogP contribution >= 0.6 is 0 Å². The highest BCUT2D eigenvalue weighted by molar-refractivity contribution is 6.21. The molecule has 1 saturated heterocycles. The maximum Gasteiger partial charge on any atom is 0.338 e. The Labute approximate surface area is 161 Å². The van der Waals surface area contributed by atoms with Gasteiger partial charge in [-0.15, -0.1) is 0 Å². The fourth-order valence-corrected chi connectivity index (χ4v) is 2.94. The van der Waals surface area contributed by atoms with Crippen LogP contribution in [0.4, 0.5) is 10.5 Å². The first-order valence-electron chi connectivity index (χ1n) is 8.62. The quantitative estimate of drug-likeness (QED) is 0.572. The molecule has 1 fully saturated rings. The van der Waals surface area contributed by atoms with Crippen LogP contribution in [0.15, 0.2) is 29.3 Å². The molecular weight excluding hydrogens is 366 g/mol. The molecule has 3 rings (SSSR count). The van der Waals surface area contributed by atoms with E-state index in [2.05, 4.69) is 10.3 Å². The number of rotatable bonds is 5. The number of hydrogen-bond acceptors (Lipinski definition) is 6. The van der Waals surface area contributed by atoms with E-state index in [9.17, 15) is 19.2 Å². The number of carbonyl (C=O) groups excluding carboxylic acids is 4. The number of hydrogen-bond donors (Lipinski definition) is 1. The van der Waals surface area contributed by atoms with Crippen LogP contribution in [0.5, 0.6) is 0 Å². The second-order valence-corrected chi connectivity index (χ2v) is 6.26. The van der Waals surface area contributed by atoms with Gasteiger partial charge in [0.1, 0.15) is 0 Å². The molecule has 146 valence electrons. The summed E-state index contributed by atoms with van der Waals surface area (Å²) in [7, 11) is 2.92. The van der Waals surface area contributed by atoms with Gasteiger partial charge >= 0.3 is 12.0 Å². The van der Waals surface area contributed by atoms with Gasteiger partial charge in [0.25, 0.3) is 30.0 Å². The number of esters is 1. The van der Waals surface area contributed by atoms with Crippen molar-refractivity contribution >= 4 is 41.7 Å². The van der Waals surface area contributed by atoms with E-state index in [1.54, 1.807) is 31.2 Å². The molecule has 2 heterocycles. The standard InChI is InChI=1S/C18H19N5O5/c1-4-28-17(26)11-5-7-12(8-6-11)20-13(24)9-23-10-19-15-14(23)16(25)22(3)18(27)21(15)2/h5-8,10,14H,4,9H2,1-3H3/p+1. The van der Waals surface area contributed by atoms with Crippen molar-refractivity contribution in [3.05, 3.63) is 29.8 Å². The second-order valence-electron chi connectivity index (χ2n) is 6.26. The number of amidine groups is 1. The van der Waals surface area contributed by atoms with Crippen molar-refractivity contribution in [3.8, 4) is 0 Å². The van der Waals surface area contributed by atoms with Crippen molar-refractivity contribution in [1.82, 2.24) is 9.80 Å². The van der Waals surface area contributed by atoms with E-state index in [0.29, 0.717) is 17.1 Å². The largest absolute Gasteiger partial charge is 0.462 e. The van der Waals surface area contributed by atoms with Crippen molar-refractivity contribution < 1.29 is 28.5 Å². The van der Waals surface area contributed by atoms with Gasteiger partial charge in [0.2, 0.25) is 0 Å². The number of anilines is 1. The topological polar surface area (TPSA) is 111 Å². The third-order valence-electron chi connectivity index (χ3n) is 4.40. The Morgan fingerprint density at radius 2 is 1.86 bits per heavy atom. The van der Waals surface area contributed by atoms with E-state index >= 15 is 0 Å². The molecule has 1 atom stereocenters. The molecule has 0 aromatic heterocycles. The van der Waals surface area contributed by atoms with E-state index < -0.39 is 23.9 Å². The Kier molecular flexibility index (Phi) is 5.21. The zero-order valence-electron chi connectivity index (χ0n) is 15.7. The fourth-order valence-electron chi connectivity index (χ4n) is 2.94. The molecule has 1 aromatic rings. The Bertz CT molecular complexity index is 905. The lowest BCUT2D eigenvalue weighted by molar-refractivity contribution is -0.519. The molecule has 0 radical (unpaired) electrons. The number of aliphatic imine (C=N–C) groups is 1. The van der Waals surface area contributed by atoms with Crippen molar-refractivity contribution in [2.45, 2.75) is 13.0 Å². The van der Waals surface area contributed by atoms with Crippen LogP contribution in [0.1, 0.15) is 17.3 Å². The Morgan fingerprint density at radius 1 is 1.18 bits per heavy atom. The van der Waals surface area contributed by atoms with Gasteiger partial charge in [0, 0.05) is 19.8 Å². The molecule has 28 heavy (non-hydrogen) atoms. The second kappa shape index (κ2) is 7.59. The first-order valence-corrected chi connectivity index (χ1v) is 8.62. The molecular formula is C18H20N5O5+. The third kappa shape index (κ3) is 3.48. The lowest BCUT2D eigenvalue weighted by atomic mass is 10.1.